The fourth-order valence-corrected chi connectivity index (χ4v) is 2.86. The van der Waals surface area contributed by atoms with Gasteiger partial charge < -0.3 is 10.1 Å². The summed E-state index contributed by atoms with van der Waals surface area (Å²) in [5.74, 6) is 0.668. The van der Waals surface area contributed by atoms with E-state index < -0.39 is 0 Å². The molecule has 0 spiro atoms. The summed E-state index contributed by atoms with van der Waals surface area (Å²) in [5.41, 5.74) is 5.86. The largest absolute Gasteiger partial charge is 0.487 e. The normalized spacial score (nSPS) is 18.9. The third-order valence-corrected chi connectivity index (χ3v) is 4.04. The van der Waals surface area contributed by atoms with E-state index in [1.807, 2.05) is 31.2 Å². The van der Waals surface area contributed by atoms with Crippen LogP contribution in [-0.4, -0.2) is 23.5 Å². The van der Waals surface area contributed by atoms with Gasteiger partial charge in [0.15, 0.2) is 0 Å². The molecule has 0 bridgehead atoms. The fraction of sp³-hybridized carbons (Fsp3) is 0.222. The minimum absolute atomic E-state index is 0.0402. The lowest BCUT2D eigenvalue weighted by molar-refractivity contribution is -0.117. The SMILES string of the molecule is CC(CNC(=O)C1=C2C=C3CC3=C2C=C1)Oc1cccnc1. The van der Waals surface area contributed by atoms with Gasteiger partial charge in [0.05, 0.1) is 12.7 Å². The molecule has 110 valence electrons. The number of carbonyl (C=O) groups is 1. The van der Waals surface area contributed by atoms with Crippen molar-refractivity contribution in [3.8, 4) is 5.75 Å². The standard InChI is InChI=1S/C18H16N2O2/c1-11(22-13-3-2-6-19-10-13)9-20-18(21)15-5-4-14-16-7-12(16)8-17(14)15/h2-6,8,10-11H,7,9H2,1H3,(H,20,21). The molecule has 22 heavy (non-hydrogen) atoms. The molecule has 4 heteroatoms. The Labute approximate surface area is 128 Å². The van der Waals surface area contributed by atoms with E-state index in [-0.39, 0.29) is 12.0 Å². The van der Waals surface area contributed by atoms with Gasteiger partial charge in [-0.15, -0.1) is 0 Å². The number of hydrogen-bond acceptors (Lipinski definition) is 3. The van der Waals surface area contributed by atoms with Crippen LogP contribution in [0.15, 0.2) is 70.6 Å². The molecule has 3 aliphatic carbocycles. The second-order valence-corrected chi connectivity index (χ2v) is 5.73. The lowest BCUT2D eigenvalue weighted by atomic mass is 10.1. The van der Waals surface area contributed by atoms with Crippen molar-refractivity contribution in [1.29, 1.82) is 0 Å². The van der Waals surface area contributed by atoms with Gasteiger partial charge in [-0.2, -0.15) is 0 Å². The van der Waals surface area contributed by atoms with E-state index in [1.165, 1.54) is 16.7 Å². The van der Waals surface area contributed by atoms with Crippen molar-refractivity contribution in [3.05, 3.63) is 70.6 Å². The lowest BCUT2D eigenvalue weighted by Crippen LogP contribution is -2.34. The van der Waals surface area contributed by atoms with Crippen LogP contribution >= 0.6 is 0 Å². The first-order valence-corrected chi connectivity index (χ1v) is 7.44. The van der Waals surface area contributed by atoms with Crippen LogP contribution in [0, 0.1) is 0 Å². The van der Waals surface area contributed by atoms with Crippen LogP contribution in [-0.2, 0) is 4.79 Å². The summed E-state index contributed by atoms with van der Waals surface area (Å²) < 4.78 is 5.71. The van der Waals surface area contributed by atoms with E-state index in [0.717, 1.165) is 17.6 Å². The highest BCUT2D eigenvalue weighted by Gasteiger charge is 2.35. The van der Waals surface area contributed by atoms with Gasteiger partial charge >= 0.3 is 0 Å². The highest BCUT2D eigenvalue weighted by molar-refractivity contribution is 6.01. The number of fused-ring (bicyclic) bond motifs is 2. The van der Waals surface area contributed by atoms with E-state index in [2.05, 4.69) is 16.4 Å². The molecule has 0 saturated heterocycles. The predicted octanol–water partition coefficient (Wildman–Crippen LogP) is 2.47. The number of amides is 1. The molecule has 1 N–H and O–H groups in total. The Morgan fingerprint density at radius 3 is 3.14 bits per heavy atom. The van der Waals surface area contributed by atoms with Gasteiger partial charge in [0.1, 0.15) is 11.9 Å². The van der Waals surface area contributed by atoms with E-state index in [4.69, 9.17) is 4.74 Å². The van der Waals surface area contributed by atoms with Crippen molar-refractivity contribution in [2.24, 2.45) is 0 Å². The second kappa shape index (κ2) is 4.98. The quantitative estimate of drug-likeness (QED) is 0.907. The Hall–Kier alpha value is -2.62. The van der Waals surface area contributed by atoms with E-state index >= 15 is 0 Å². The molecule has 1 saturated carbocycles. The van der Waals surface area contributed by atoms with Crippen molar-refractivity contribution in [2.45, 2.75) is 19.4 Å². The van der Waals surface area contributed by atoms with Gasteiger partial charge in [0.2, 0.25) is 0 Å². The van der Waals surface area contributed by atoms with Crippen molar-refractivity contribution in [1.82, 2.24) is 10.3 Å². The van der Waals surface area contributed by atoms with Gasteiger partial charge in [-0.1, -0.05) is 6.08 Å². The number of hydrogen-bond donors (Lipinski definition) is 1. The maximum atomic E-state index is 12.3. The molecule has 1 aromatic rings. The Morgan fingerprint density at radius 2 is 2.32 bits per heavy atom. The maximum absolute atomic E-state index is 12.3. The molecule has 1 fully saturated rings. The molecule has 1 atom stereocenters. The summed E-state index contributed by atoms with van der Waals surface area (Å²) in [6.45, 7) is 2.39. The van der Waals surface area contributed by atoms with E-state index in [9.17, 15) is 4.79 Å². The van der Waals surface area contributed by atoms with Gasteiger partial charge in [-0.25, -0.2) is 0 Å². The summed E-state index contributed by atoms with van der Waals surface area (Å²) in [7, 11) is 0. The van der Waals surface area contributed by atoms with Gasteiger partial charge in [-0.05, 0) is 59.9 Å². The molecule has 1 amide bonds. The number of pyridine rings is 1. The van der Waals surface area contributed by atoms with Gasteiger partial charge in [0.25, 0.3) is 5.91 Å². The number of carbonyl (C=O) groups excluding carboxylic acids is 1. The third kappa shape index (κ3) is 2.26. The van der Waals surface area contributed by atoms with Crippen molar-refractivity contribution in [3.63, 3.8) is 0 Å². The van der Waals surface area contributed by atoms with Crippen LogP contribution in [0.25, 0.3) is 0 Å². The number of aromatic nitrogens is 1. The summed E-state index contributed by atoms with van der Waals surface area (Å²) in [6.07, 6.45) is 10.4. The van der Waals surface area contributed by atoms with Crippen LogP contribution in [0.3, 0.4) is 0 Å². The fourth-order valence-electron chi connectivity index (χ4n) is 2.86. The molecule has 0 radical (unpaired) electrons. The molecule has 1 heterocycles. The molecule has 0 aromatic carbocycles. The highest BCUT2D eigenvalue weighted by Crippen LogP contribution is 2.51. The zero-order valence-corrected chi connectivity index (χ0v) is 12.3. The van der Waals surface area contributed by atoms with Crippen molar-refractivity contribution in [2.75, 3.05) is 6.54 Å². The first-order valence-electron chi connectivity index (χ1n) is 7.44. The minimum Gasteiger partial charge on any atom is -0.487 e. The Bertz CT molecular complexity index is 770. The molecular formula is C18H16N2O2. The Morgan fingerprint density at radius 1 is 1.41 bits per heavy atom. The first kappa shape index (κ1) is 13.1. The minimum atomic E-state index is -0.114. The molecular weight excluding hydrogens is 276 g/mol. The summed E-state index contributed by atoms with van der Waals surface area (Å²) in [5, 5.41) is 2.94. The van der Waals surface area contributed by atoms with Crippen LogP contribution in [0.2, 0.25) is 0 Å². The van der Waals surface area contributed by atoms with Crippen LogP contribution in [0.5, 0.6) is 5.75 Å². The Kier molecular flexibility index (Phi) is 2.96. The summed E-state index contributed by atoms with van der Waals surface area (Å²) in [4.78, 5) is 16.3. The number of nitrogens with zero attached hydrogens (tertiary/aromatic N) is 1. The van der Waals surface area contributed by atoms with Gasteiger partial charge in [0, 0.05) is 11.8 Å². The first-order chi connectivity index (χ1) is 10.7. The summed E-state index contributed by atoms with van der Waals surface area (Å²) in [6, 6.07) is 3.68. The number of nitrogens with one attached hydrogen (secondary N) is 1. The molecule has 4 rings (SSSR count). The van der Waals surface area contributed by atoms with Gasteiger partial charge in [-0.3, -0.25) is 9.78 Å². The molecule has 0 aliphatic heterocycles. The van der Waals surface area contributed by atoms with Crippen molar-refractivity contribution >= 4 is 5.91 Å². The lowest BCUT2D eigenvalue weighted by Gasteiger charge is -2.15. The molecule has 3 aliphatic rings. The number of allylic oxidation sites excluding steroid dienone is 6. The van der Waals surface area contributed by atoms with E-state index in [1.54, 1.807) is 12.4 Å². The average Bonchev–Trinajstić information content (AvgIpc) is 3.01. The average molecular weight is 292 g/mol. The third-order valence-electron chi connectivity index (χ3n) is 4.04. The number of ether oxygens (including phenoxy) is 1. The van der Waals surface area contributed by atoms with Crippen LogP contribution in [0.1, 0.15) is 13.3 Å². The maximum Gasteiger partial charge on any atom is 0.252 e. The smallest absolute Gasteiger partial charge is 0.252 e. The molecule has 4 nitrogen and oxygen atoms in total. The highest BCUT2D eigenvalue weighted by atomic mass is 16.5. The molecule has 1 aromatic heterocycles. The zero-order valence-electron chi connectivity index (χ0n) is 12.3. The predicted molar refractivity (Wildman–Crippen MR) is 83.2 cm³/mol. The second-order valence-electron chi connectivity index (χ2n) is 5.73. The molecule has 1 unspecified atom stereocenters. The number of rotatable bonds is 5. The monoisotopic (exact) mass is 292 g/mol. The Balaban J connectivity index is 1.36. The van der Waals surface area contributed by atoms with Crippen LogP contribution < -0.4 is 10.1 Å². The topological polar surface area (TPSA) is 51.2 Å². The van der Waals surface area contributed by atoms with Crippen molar-refractivity contribution < 1.29 is 9.53 Å². The summed E-state index contributed by atoms with van der Waals surface area (Å²) >= 11 is 0. The zero-order chi connectivity index (χ0) is 15.1. The van der Waals surface area contributed by atoms with Crippen LogP contribution in [0.4, 0.5) is 0 Å². The van der Waals surface area contributed by atoms with E-state index in [0.29, 0.717) is 12.3 Å².